The summed E-state index contributed by atoms with van der Waals surface area (Å²) in [6, 6.07) is 11.4. The third-order valence-corrected chi connectivity index (χ3v) is 7.11. The average Bonchev–Trinajstić information content (AvgIpc) is 2.79. The molecule has 0 heterocycles. The summed E-state index contributed by atoms with van der Waals surface area (Å²) in [5.74, 6) is -1.03. The van der Waals surface area contributed by atoms with Crippen molar-refractivity contribution in [1.29, 1.82) is 0 Å². The van der Waals surface area contributed by atoms with Gasteiger partial charge in [0.25, 0.3) is 0 Å². The third-order valence-electron chi connectivity index (χ3n) is 5.68. The molecule has 0 bridgehead atoms. The van der Waals surface area contributed by atoms with E-state index in [9.17, 15) is 22.4 Å². The molecule has 0 aromatic heterocycles. The van der Waals surface area contributed by atoms with Crippen LogP contribution >= 0.6 is 11.6 Å². The second-order valence-corrected chi connectivity index (χ2v) is 10.9. The van der Waals surface area contributed by atoms with Gasteiger partial charge < -0.3 is 10.2 Å². The summed E-state index contributed by atoms with van der Waals surface area (Å²) in [7, 11) is -3.64. The number of hydrogen-bond donors (Lipinski definition) is 1. The fourth-order valence-corrected chi connectivity index (χ4v) is 4.67. The summed E-state index contributed by atoms with van der Waals surface area (Å²) in [6.45, 7) is 5.74. The zero-order valence-electron chi connectivity index (χ0n) is 20.5. The van der Waals surface area contributed by atoms with Gasteiger partial charge in [-0.25, -0.2) is 12.8 Å². The quantitative estimate of drug-likeness (QED) is 0.446. The lowest BCUT2D eigenvalue weighted by molar-refractivity contribution is -0.140. The summed E-state index contributed by atoms with van der Waals surface area (Å²) < 4.78 is 39.0. The average molecular weight is 526 g/mol. The van der Waals surface area contributed by atoms with Crippen LogP contribution < -0.4 is 9.62 Å². The van der Waals surface area contributed by atoms with E-state index in [1.54, 1.807) is 25.1 Å². The van der Waals surface area contributed by atoms with Gasteiger partial charge in [-0.05, 0) is 68.7 Å². The van der Waals surface area contributed by atoms with Gasteiger partial charge in [-0.3, -0.25) is 13.9 Å². The molecule has 1 N–H and O–H groups in total. The molecule has 0 aliphatic rings. The molecule has 2 atom stereocenters. The Morgan fingerprint density at radius 1 is 1.11 bits per heavy atom. The molecule has 2 amide bonds. The van der Waals surface area contributed by atoms with Crippen molar-refractivity contribution in [2.24, 2.45) is 0 Å². The largest absolute Gasteiger partial charge is 0.352 e. The fraction of sp³-hybridized carbons (Fsp3) is 0.440. The number of anilines is 1. The molecular formula is C25H33ClFN3O4S. The van der Waals surface area contributed by atoms with Gasteiger partial charge in [0.2, 0.25) is 21.8 Å². The van der Waals surface area contributed by atoms with Gasteiger partial charge in [0, 0.05) is 30.6 Å². The Kier molecular flexibility index (Phi) is 10.5. The lowest BCUT2D eigenvalue weighted by Crippen LogP contribution is -2.49. The minimum absolute atomic E-state index is 0.0226. The van der Waals surface area contributed by atoms with E-state index in [2.05, 4.69) is 5.32 Å². The molecular weight excluding hydrogens is 493 g/mol. The van der Waals surface area contributed by atoms with E-state index in [1.165, 1.54) is 29.2 Å². The highest BCUT2D eigenvalue weighted by Crippen LogP contribution is 2.20. The van der Waals surface area contributed by atoms with E-state index in [0.717, 1.165) is 22.5 Å². The third kappa shape index (κ3) is 8.81. The number of sulfonamides is 1. The van der Waals surface area contributed by atoms with E-state index in [4.69, 9.17) is 11.6 Å². The molecule has 2 aromatic rings. The second kappa shape index (κ2) is 12.9. The summed E-state index contributed by atoms with van der Waals surface area (Å²) in [5.41, 5.74) is 1.09. The lowest BCUT2D eigenvalue weighted by Gasteiger charge is -2.30. The number of benzene rings is 2. The van der Waals surface area contributed by atoms with E-state index in [1.807, 2.05) is 19.9 Å². The molecule has 10 heteroatoms. The number of nitrogens with zero attached hydrogens (tertiary/aromatic N) is 2. The van der Waals surface area contributed by atoms with Crippen molar-refractivity contribution in [3.63, 3.8) is 0 Å². The molecule has 0 aliphatic carbocycles. The number of amides is 2. The zero-order chi connectivity index (χ0) is 26.2. The van der Waals surface area contributed by atoms with Gasteiger partial charge in [-0.15, -0.1) is 0 Å². The Morgan fingerprint density at radius 2 is 1.77 bits per heavy atom. The van der Waals surface area contributed by atoms with Crippen molar-refractivity contribution in [3.8, 4) is 0 Å². The van der Waals surface area contributed by atoms with Crippen LogP contribution in [-0.4, -0.2) is 50.0 Å². The summed E-state index contributed by atoms with van der Waals surface area (Å²) in [6.07, 6.45) is 2.06. The predicted octanol–water partition coefficient (Wildman–Crippen LogP) is 4.36. The topological polar surface area (TPSA) is 86.8 Å². The Morgan fingerprint density at radius 3 is 2.34 bits per heavy atom. The van der Waals surface area contributed by atoms with Gasteiger partial charge in [-0.1, -0.05) is 30.7 Å². The van der Waals surface area contributed by atoms with Crippen LogP contribution in [0.3, 0.4) is 0 Å². The normalized spacial score (nSPS) is 13.1. The highest BCUT2D eigenvalue weighted by Gasteiger charge is 2.27. The van der Waals surface area contributed by atoms with Crippen LogP contribution in [0.1, 0.15) is 45.6 Å². The number of hydrogen-bond acceptors (Lipinski definition) is 4. The van der Waals surface area contributed by atoms with Gasteiger partial charge >= 0.3 is 0 Å². The molecule has 0 spiro atoms. The van der Waals surface area contributed by atoms with Crippen molar-refractivity contribution < 1.29 is 22.4 Å². The molecule has 0 unspecified atom stereocenters. The molecule has 192 valence electrons. The van der Waals surface area contributed by atoms with Crippen LogP contribution in [0.4, 0.5) is 10.1 Å². The van der Waals surface area contributed by atoms with Crippen LogP contribution in [0.5, 0.6) is 0 Å². The first-order chi connectivity index (χ1) is 16.4. The van der Waals surface area contributed by atoms with E-state index in [-0.39, 0.29) is 43.8 Å². The first kappa shape index (κ1) is 28.6. The molecule has 0 saturated heterocycles. The maximum Gasteiger partial charge on any atom is 0.242 e. The van der Waals surface area contributed by atoms with Crippen molar-refractivity contribution in [2.45, 2.75) is 58.7 Å². The maximum absolute atomic E-state index is 13.3. The van der Waals surface area contributed by atoms with Crippen LogP contribution in [0.15, 0.2) is 48.5 Å². The number of nitrogens with one attached hydrogen (secondary N) is 1. The number of carbonyl (C=O) groups is 2. The lowest BCUT2D eigenvalue weighted by atomic mass is 10.1. The van der Waals surface area contributed by atoms with Crippen molar-refractivity contribution >= 4 is 39.1 Å². The molecule has 0 fully saturated rings. The monoisotopic (exact) mass is 525 g/mol. The first-order valence-electron chi connectivity index (χ1n) is 11.5. The maximum atomic E-state index is 13.3. The van der Waals surface area contributed by atoms with Crippen LogP contribution in [0.2, 0.25) is 5.02 Å². The van der Waals surface area contributed by atoms with Crippen molar-refractivity contribution in [1.82, 2.24) is 10.2 Å². The highest BCUT2D eigenvalue weighted by molar-refractivity contribution is 7.92. The smallest absolute Gasteiger partial charge is 0.242 e. The minimum Gasteiger partial charge on any atom is -0.352 e. The van der Waals surface area contributed by atoms with Gasteiger partial charge in [0.1, 0.15) is 11.9 Å². The van der Waals surface area contributed by atoms with Crippen molar-refractivity contribution in [2.75, 3.05) is 17.1 Å². The number of carbonyl (C=O) groups excluding carboxylic acids is 2. The van der Waals surface area contributed by atoms with E-state index in [0.29, 0.717) is 10.7 Å². The van der Waals surface area contributed by atoms with Gasteiger partial charge in [0.15, 0.2) is 0 Å². The second-order valence-electron chi connectivity index (χ2n) is 8.56. The Balaban J connectivity index is 2.16. The summed E-state index contributed by atoms with van der Waals surface area (Å²) >= 11 is 6.10. The molecule has 35 heavy (non-hydrogen) atoms. The van der Waals surface area contributed by atoms with Crippen LogP contribution in [-0.2, 0) is 26.2 Å². The Labute approximate surface area is 212 Å². The first-order valence-corrected chi connectivity index (χ1v) is 13.7. The SMILES string of the molecule is CC[C@@H](C)NC(=O)[C@@H](C)N(Cc1cccc(Cl)c1)C(=O)CCCN(c1ccc(F)cc1)S(C)(=O)=O. The molecule has 7 nitrogen and oxygen atoms in total. The minimum atomic E-state index is -3.64. The fourth-order valence-electron chi connectivity index (χ4n) is 3.49. The Hall–Kier alpha value is -2.65. The highest BCUT2D eigenvalue weighted by atomic mass is 35.5. The van der Waals surface area contributed by atoms with Crippen LogP contribution in [0, 0.1) is 5.82 Å². The standard InChI is InChI=1S/C25H33ClFN3O4S/c1-5-18(2)28-25(32)19(3)29(17-20-8-6-9-21(26)16-20)24(31)10-7-15-30(35(4,33)34)23-13-11-22(27)12-14-23/h6,8-9,11-14,16,18-19H,5,7,10,15,17H2,1-4H3,(H,28,32)/t18-,19-/m1/s1. The van der Waals surface area contributed by atoms with Gasteiger partial charge in [0.05, 0.1) is 11.9 Å². The van der Waals surface area contributed by atoms with E-state index < -0.39 is 21.9 Å². The van der Waals surface area contributed by atoms with Crippen molar-refractivity contribution in [3.05, 3.63) is 64.9 Å². The zero-order valence-corrected chi connectivity index (χ0v) is 22.1. The molecule has 2 aromatic carbocycles. The summed E-state index contributed by atoms with van der Waals surface area (Å²) in [5, 5.41) is 3.43. The van der Waals surface area contributed by atoms with Crippen LogP contribution in [0.25, 0.3) is 0 Å². The summed E-state index contributed by atoms with van der Waals surface area (Å²) in [4.78, 5) is 27.5. The Bertz CT molecular complexity index is 1110. The van der Waals surface area contributed by atoms with E-state index >= 15 is 0 Å². The number of halogens is 2. The molecule has 2 rings (SSSR count). The number of rotatable bonds is 12. The predicted molar refractivity (Wildman–Crippen MR) is 137 cm³/mol. The molecule has 0 saturated carbocycles. The molecule has 0 aliphatic heterocycles. The molecule has 0 radical (unpaired) electrons. The van der Waals surface area contributed by atoms with Gasteiger partial charge in [-0.2, -0.15) is 0 Å².